The van der Waals surface area contributed by atoms with Gasteiger partial charge < -0.3 is 25.6 Å². The predicted octanol–water partition coefficient (Wildman–Crippen LogP) is 1.67. The molecule has 1 saturated carbocycles. The number of likely N-dealkylation sites (tertiary alicyclic amines) is 1. The molecule has 3 fully saturated rings. The van der Waals surface area contributed by atoms with E-state index >= 15 is 0 Å². The summed E-state index contributed by atoms with van der Waals surface area (Å²) in [5, 5.41) is 2.92. The number of morpholine rings is 1. The fourth-order valence-corrected chi connectivity index (χ4v) is 5.33. The van der Waals surface area contributed by atoms with Gasteiger partial charge in [-0.2, -0.15) is 0 Å². The molecule has 2 heterocycles. The molecular formula is C24H42N4O4. The van der Waals surface area contributed by atoms with Crippen molar-refractivity contribution in [1.29, 1.82) is 0 Å². The maximum absolute atomic E-state index is 13.3. The van der Waals surface area contributed by atoms with E-state index in [1.807, 2.05) is 0 Å². The standard InChI is InChI=1S/C24H42N4O4/c25-23(30)21(9-12-27-10-5-2-6-11-27)26-24(31)20(17-19-7-3-1-4-8-19)18-22(29)28-13-15-32-16-14-28/h19-21H,1-18H2,(H2,25,30)(H,26,31)/t20-,21?/m1/s1. The molecule has 2 atom stereocenters. The van der Waals surface area contributed by atoms with Gasteiger partial charge in [-0.15, -0.1) is 0 Å². The SMILES string of the molecule is NC(=O)C(CCN1CCCCC1)NC(=O)[C@@H](CC(=O)N1CCOCC1)CC1CCCCC1. The second-order valence-electron chi connectivity index (χ2n) is 9.79. The molecule has 8 heteroatoms. The molecular weight excluding hydrogens is 408 g/mol. The molecule has 2 saturated heterocycles. The lowest BCUT2D eigenvalue weighted by molar-refractivity contribution is -0.140. The summed E-state index contributed by atoms with van der Waals surface area (Å²) in [6.45, 7) is 5.09. The van der Waals surface area contributed by atoms with Gasteiger partial charge in [-0.05, 0) is 44.7 Å². The summed E-state index contributed by atoms with van der Waals surface area (Å²) in [5.74, 6) is -0.623. The minimum Gasteiger partial charge on any atom is -0.378 e. The Hall–Kier alpha value is -1.67. The molecule has 0 aromatic heterocycles. The number of nitrogens with one attached hydrogen (secondary N) is 1. The third kappa shape index (κ3) is 8.03. The Bertz CT molecular complexity index is 611. The Morgan fingerprint density at radius 1 is 0.938 bits per heavy atom. The summed E-state index contributed by atoms with van der Waals surface area (Å²) in [6, 6.07) is -0.684. The number of primary amides is 1. The maximum Gasteiger partial charge on any atom is 0.240 e. The smallest absolute Gasteiger partial charge is 0.240 e. The second kappa shape index (κ2) is 13.1. The number of nitrogens with zero attached hydrogens (tertiary/aromatic N) is 2. The van der Waals surface area contributed by atoms with Crippen molar-refractivity contribution in [1.82, 2.24) is 15.1 Å². The number of carbonyl (C=O) groups is 3. The van der Waals surface area contributed by atoms with Crippen LogP contribution in [0.5, 0.6) is 0 Å². The van der Waals surface area contributed by atoms with Gasteiger partial charge >= 0.3 is 0 Å². The first-order valence-electron chi connectivity index (χ1n) is 12.7. The zero-order chi connectivity index (χ0) is 22.8. The molecule has 0 aromatic rings. The summed E-state index contributed by atoms with van der Waals surface area (Å²) in [7, 11) is 0. The summed E-state index contributed by atoms with van der Waals surface area (Å²) in [5.41, 5.74) is 5.64. The van der Waals surface area contributed by atoms with E-state index in [1.54, 1.807) is 4.90 Å². The van der Waals surface area contributed by atoms with Crippen LogP contribution in [-0.4, -0.2) is 79.5 Å². The van der Waals surface area contributed by atoms with Crippen LogP contribution >= 0.6 is 0 Å². The predicted molar refractivity (Wildman–Crippen MR) is 123 cm³/mol. The topological polar surface area (TPSA) is 105 Å². The molecule has 2 aliphatic heterocycles. The molecule has 0 spiro atoms. The zero-order valence-electron chi connectivity index (χ0n) is 19.6. The van der Waals surface area contributed by atoms with Crippen LogP contribution in [0.2, 0.25) is 0 Å². The van der Waals surface area contributed by atoms with Gasteiger partial charge in [0.2, 0.25) is 17.7 Å². The number of hydrogen-bond donors (Lipinski definition) is 2. The van der Waals surface area contributed by atoms with Gasteiger partial charge in [0.15, 0.2) is 0 Å². The highest BCUT2D eigenvalue weighted by Gasteiger charge is 2.31. The van der Waals surface area contributed by atoms with Crippen LogP contribution in [0.4, 0.5) is 0 Å². The first-order chi connectivity index (χ1) is 15.5. The van der Waals surface area contributed by atoms with Gasteiger partial charge in [0, 0.05) is 32.0 Å². The number of rotatable bonds is 10. The third-order valence-electron chi connectivity index (χ3n) is 7.34. The van der Waals surface area contributed by atoms with Gasteiger partial charge in [-0.1, -0.05) is 38.5 Å². The molecule has 0 bridgehead atoms. The van der Waals surface area contributed by atoms with Crippen molar-refractivity contribution in [3.8, 4) is 0 Å². The molecule has 1 unspecified atom stereocenters. The number of hydrogen-bond acceptors (Lipinski definition) is 5. The summed E-state index contributed by atoms with van der Waals surface area (Å²) >= 11 is 0. The third-order valence-corrected chi connectivity index (χ3v) is 7.34. The molecule has 182 valence electrons. The molecule has 3 N–H and O–H groups in total. The van der Waals surface area contributed by atoms with Crippen molar-refractivity contribution in [2.24, 2.45) is 17.6 Å². The Kier molecular flexibility index (Phi) is 10.2. The summed E-state index contributed by atoms with van der Waals surface area (Å²) < 4.78 is 5.35. The Morgan fingerprint density at radius 3 is 2.25 bits per heavy atom. The van der Waals surface area contributed by atoms with E-state index < -0.39 is 17.9 Å². The number of piperidine rings is 1. The molecule has 32 heavy (non-hydrogen) atoms. The highest BCUT2D eigenvalue weighted by Crippen LogP contribution is 2.30. The molecule has 8 nitrogen and oxygen atoms in total. The molecule has 0 aromatic carbocycles. The Labute approximate surface area is 192 Å². The Morgan fingerprint density at radius 2 is 1.59 bits per heavy atom. The first-order valence-corrected chi connectivity index (χ1v) is 12.7. The lowest BCUT2D eigenvalue weighted by Gasteiger charge is -2.31. The fourth-order valence-electron chi connectivity index (χ4n) is 5.33. The van der Waals surface area contributed by atoms with Gasteiger partial charge in [0.1, 0.15) is 6.04 Å². The van der Waals surface area contributed by atoms with Crippen molar-refractivity contribution in [2.45, 2.75) is 76.7 Å². The lowest BCUT2D eigenvalue weighted by Crippen LogP contribution is -2.49. The molecule has 3 amide bonds. The van der Waals surface area contributed by atoms with E-state index in [4.69, 9.17) is 10.5 Å². The van der Waals surface area contributed by atoms with Crippen LogP contribution in [0.15, 0.2) is 0 Å². The number of nitrogens with two attached hydrogens (primary N) is 1. The molecule has 3 rings (SSSR count). The number of ether oxygens (including phenoxy) is 1. The Balaban J connectivity index is 1.58. The van der Waals surface area contributed by atoms with Crippen molar-refractivity contribution >= 4 is 17.7 Å². The quantitative estimate of drug-likeness (QED) is 0.527. The van der Waals surface area contributed by atoms with Gasteiger partial charge in [0.05, 0.1) is 13.2 Å². The van der Waals surface area contributed by atoms with E-state index in [1.165, 1.54) is 38.5 Å². The maximum atomic E-state index is 13.3. The van der Waals surface area contributed by atoms with Crippen LogP contribution in [0, 0.1) is 11.8 Å². The van der Waals surface area contributed by atoms with E-state index in [0.717, 1.165) is 32.5 Å². The van der Waals surface area contributed by atoms with Gasteiger partial charge in [-0.3, -0.25) is 14.4 Å². The largest absolute Gasteiger partial charge is 0.378 e. The van der Waals surface area contributed by atoms with Crippen LogP contribution in [0.25, 0.3) is 0 Å². The highest BCUT2D eigenvalue weighted by atomic mass is 16.5. The van der Waals surface area contributed by atoms with E-state index in [0.29, 0.717) is 45.1 Å². The van der Waals surface area contributed by atoms with E-state index in [9.17, 15) is 14.4 Å². The second-order valence-corrected chi connectivity index (χ2v) is 9.79. The molecule has 1 aliphatic carbocycles. The summed E-state index contributed by atoms with van der Waals surface area (Å²) in [6.07, 6.45) is 10.9. The zero-order valence-corrected chi connectivity index (χ0v) is 19.6. The van der Waals surface area contributed by atoms with E-state index in [-0.39, 0.29) is 18.2 Å². The van der Waals surface area contributed by atoms with Gasteiger partial charge in [-0.25, -0.2) is 0 Å². The minimum atomic E-state index is -0.684. The monoisotopic (exact) mass is 450 g/mol. The minimum absolute atomic E-state index is 0.00759. The first kappa shape index (κ1) is 25.0. The van der Waals surface area contributed by atoms with Crippen LogP contribution in [0.3, 0.4) is 0 Å². The van der Waals surface area contributed by atoms with Crippen molar-refractivity contribution in [3.63, 3.8) is 0 Å². The van der Waals surface area contributed by atoms with Crippen molar-refractivity contribution in [2.75, 3.05) is 45.9 Å². The molecule has 3 aliphatic rings. The highest BCUT2D eigenvalue weighted by molar-refractivity contribution is 5.90. The van der Waals surface area contributed by atoms with Crippen LogP contribution in [-0.2, 0) is 19.1 Å². The number of amides is 3. The lowest BCUT2D eigenvalue weighted by atomic mass is 9.81. The number of carbonyl (C=O) groups excluding carboxylic acids is 3. The average Bonchev–Trinajstić information content (AvgIpc) is 2.82. The normalized spacial score (nSPS) is 22.8. The van der Waals surface area contributed by atoms with Crippen molar-refractivity contribution < 1.29 is 19.1 Å². The summed E-state index contributed by atoms with van der Waals surface area (Å²) in [4.78, 5) is 42.4. The average molecular weight is 451 g/mol. The van der Waals surface area contributed by atoms with Crippen LogP contribution < -0.4 is 11.1 Å². The fraction of sp³-hybridized carbons (Fsp3) is 0.875. The van der Waals surface area contributed by atoms with Gasteiger partial charge in [0.25, 0.3) is 0 Å². The molecule has 0 radical (unpaired) electrons. The van der Waals surface area contributed by atoms with E-state index in [2.05, 4.69) is 10.2 Å². The van der Waals surface area contributed by atoms with Crippen LogP contribution in [0.1, 0.15) is 70.6 Å². The van der Waals surface area contributed by atoms with Crippen molar-refractivity contribution in [3.05, 3.63) is 0 Å².